The Bertz CT molecular complexity index is 941. The highest BCUT2D eigenvalue weighted by Gasteiger charge is 2.41. The minimum atomic E-state index is -0.578. The Labute approximate surface area is 182 Å². The molecule has 1 aromatic rings. The third-order valence-electron chi connectivity index (χ3n) is 6.16. The lowest BCUT2D eigenvalue weighted by Crippen LogP contribution is -2.35. The topological polar surface area (TPSA) is 83.1 Å². The second-order valence-corrected chi connectivity index (χ2v) is 8.08. The molecular weight excluding hydrogens is 398 g/mol. The van der Waals surface area contributed by atoms with Crippen molar-refractivity contribution in [3.05, 3.63) is 46.3 Å². The number of allylic oxidation sites excluding steroid dienone is 3. The fourth-order valence-electron chi connectivity index (χ4n) is 4.73. The third kappa shape index (κ3) is 4.06. The van der Waals surface area contributed by atoms with Crippen LogP contribution in [0.1, 0.15) is 50.5 Å². The number of benzene rings is 1. The van der Waals surface area contributed by atoms with Crippen molar-refractivity contribution in [3.8, 4) is 11.5 Å². The van der Waals surface area contributed by atoms with Crippen LogP contribution < -0.4 is 14.8 Å². The number of rotatable bonds is 6. The summed E-state index contributed by atoms with van der Waals surface area (Å²) < 4.78 is 22.4. The number of dihydropyridines is 1. The van der Waals surface area contributed by atoms with Crippen LogP contribution in [-0.4, -0.2) is 45.3 Å². The Morgan fingerprint density at radius 3 is 2.74 bits per heavy atom. The number of hydrogen-bond donors (Lipinski definition) is 1. The van der Waals surface area contributed by atoms with E-state index >= 15 is 0 Å². The lowest BCUT2D eigenvalue weighted by Gasteiger charge is -2.35. The van der Waals surface area contributed by atoms with E-state index in [1.54, 1.807) is 20.3 Å². The monoisotopic (exact) mass is 427 g/mol. The van der Waals surface area contributed by atoms with Gasteiger partial charge in [-0.25, -0.2) is 4.79 Å². The number of carbonyl (C=O) groups excluding carboxylic acids is 2. The van der Waals surface area contributed by atoms with Crippen LogP contribution in [0.4, 0.5) is 0 Å². The quantitative estimate of drug-likeness (QED) is 0.697. The molecular formula is C24H29NO6. The fraction of sp³-hybridized carbons (Fsp3) is 0.500. The number of ether oxygens (including phenoxy) is 4. The predicted octanol–water partition coefficient (Wildman–Crippen LogP) is 3.39. The van der Waals surface area contributed by atoms with Gasteiger partial charge < -0.3 is 24.3 Å². The standard InChI is InChI=1S/C24H29NO6/c1-14-20(24(27)31-13-15-7-6-12-30-15)21(22-17(25-14)9-5-10-18(22)26)16-8-4-11-19(28-2)23(16)29-3/h4,8,11,15,21,25H,5-7,9-10,12-13H2,1-3H3/t15-,21+/m0/s1. The number of carbonyl (C=O) groups is 2. The van der Waals surface area contributed by atoms with E-state index < -0.39 is 11.9 Å². The maximum atomic E-state index is 13.3. The zero-order valence-corrected chi connectivity index (χ0v) is 18.3. The van der Waals surface area contributed by atoms with Crippen LogP contribution in [0.25, 0.3) is 0 Å². The molecule has 7 nitrogen and oxygen atoms in total. The molecule has 0 spiro atoms. The van der Waals surface area contributed by atoms with E-state index in [9.17, 15) is 9.59 Å². The van der Waals surface area contributed by atoms with E-state index in [1.807, 2.05) is 19.1 Å². The van der Waals surface area contributed by atoms with Gasteiger partial charge in [0.25, 0.3) is 0 Å². The molecule has 2 atom stereocenters. The van der Waals surface area contributed by atoms with Crippen LogP contribution in [0.2, 0.25) is 0 Å². The van der Waals surface area contributed by atoms with Crippen LogP contribution in [0.5, 0.6) is 11.5 Å². The molecule has 0 unspecified atom stereocenters. The van der Waals surface area contributed by atoms with Crippen molar-refractivity contribution in [2.24, 2.45) is 0 Å². The van der Waals surface area contributed by atoms with Crippen molar-refractivity contribution in [2.45, 2.75) is 51.0 Å². The van der Waals surface area contributed by atoms with Gasteiger partial charge in [0.05, 0.1) is 31.8 Å². The lowest BCUT2D eigenvalue weighted by molar-refractivity contribution is -0.142. The summed E-state index contributed by atoms with van der Waals surface area (Å²) in [4.78, 5) is 26.3. The molecule has 0 aromatic heterocycles. The van der Waals surface area contributed by atoms with Gasteiger partial charge in [0.15, 0.2) is 17.3 Å². The molecule has 31 heavy (non-hydrogen) atoms. The van der Waals surface area contributed by atoms with E-state index in [0.29, 0.717) is 41.4 Å². The smallest absolute Gasteiger partial charge is 0.336 e. The predicted molar refractivity (Wildman–Crippen MR) is 114 cm³/mol. The van der Waals surface area contributed by atoms with Crippen molar-refractivity contribution in [2.75, 3.05) is 27.4 Å². The number of Topliss-reactive ketones (excluding diaryl/α,β-unsaturated/α-hetero) is 1. The molecule has 1 N–H and O–H groups in total. The molecule has 1 aromatic carbocycles. The molecule has 1 aliphatic carbocycles. The maximum absolute atomic E-state index is 13.3. The van der Waals surface area contributed by atoms with Crippen LogP contribution >= 0.6 is 0 Å². The zero-order chi connectivity index (χ0) is 22.0. The summed E-state index contributed by atoms with van der Waals surface area (Å²) in [6, 6.07) is 5.52. The van der Waals surface area contributed by atoms with Crippen molar-refractivity contribution >= 4 is 11.8 Å². The van der Waals surface area contributed by atoms with Crippen LogP contribution in [-0.2, 0) is 19.1 Å². The minimum Gasteiger partial charge on any atom is -0.493 e. The SMILES string of the molecule is COc1cccc([C@@H]2C(C(=O)OC[C@@H]3CCCO3)=C(C)NC3=C2C(=O)CCC3)c1OC. The van der Waals surface area contributed by atoms with Crippen molar-refractivity contribution in [3.63, 3.8) is 0 Å². The molecule has 7 heteroatoms. The van der Waals surface area contributed by atoms with Crippen LogP contribution in [0, 0.1) is 0 Å². The first-order valence-corrected chi connectivity index (χ1v) is 10.8. The Morgan fingerprint density at radius 2 is 2.03 bits per heavy atom. The summed E-state index contributed by atoms with van der Waals surface area (Å²) in [6.45, 7) is 2.75. The summed E-state index contributed by atoms with van der Waals surface area (Å²) >= 11 is 0. The molecule has 166 valence electrons. The van der Waals surface area contributed by atoms with Crippen molar-refractivity contribution in [1.82, 2.24) is 5.32 Å². The fourth-order valence-corrected chi connectivity index (χ4v) is 4.73. The van der Waals surface area contributed by atoms with Gasteiger partial charge in [0, 0.05) is 35.6 Å². The Hall–Kier alpha value is -2.80. The van der Waals surface area contributed by atoms with Gasteiger partial charge in [0.2, 0.25) is 0 Å². The summed E-state index contributed by atoms with van der Waals surface area (Å²) in [7, 11) is 3.13. The van der Waals surface area contributed by atoms with Gasteiger partial charge in [-0.2, -0.15) is 0 Å². The highest BCUT2D eigenvalue weighted by Crippen LogP contribution is 2.47. The van der Waals surface area contributed by atoms with Gasteiger partial charge in [0.1, 0.15) is 6.61 Å². The first-order valence-electron chi connectivity index (χ1n) is 10.8. The average molecular weight is 427 g/mol. The number of para-hydroxylation sites is 1. The molecule has 1 saturated heterocycles. The number of esters is 1. The van der Waals surface area contributed by atoms with E-state index in [1.165, 1.54) is 0 Å². The summed E-state index contributed by atoms with van der Waals surface area (Å²) in [5.74, 6) is 0.0833. The van der Waals surface area contributed by atoms with Gasteiger partial charge in [-0.05, 0) is 38.7 Å². The van der Waals surface area contributed by atoms with E-state index in [4.69, 9.17) is 18.9 Å². The normalized spacial score (nSPS) is 23.4. The highest BCUT2D eigenvalue weighted by molar-refractivity contribution is 6.04. The van der Waals surface area contributed by atoms with E-state index in [2.05, 4.69) is 5.32 Å². The second kappa shape index (κ2) is 9.14. The molecule has 3 aliphatic rings. The molecule has 4 rings (SSSR count). The number of nitrogens with one attached hydrogen (secondary N) is 1. The summed E-state index contributed by atoms with van der Waals surface area (Å²) in [6.07, 6.45) is 3.79. The third-order valence-corrected chi connectivity index (χ3v) is 6.16. The van der Waals surface area contributed by atoms with Gasteiger partial charge in [-0.1, -0.05) is 12.1 Å². The molecule has 0 amide bonds. The summed E-state index contributed by atoms with van der Waals surface area (Å²) in [5.41, 5.74) is 3.33. The largest absolute Gasteiger partial charge is 0.493 e. The van der Waals surface area contributed by atoms with Gasteiger partial charge >= 0.3 is 5.97 Å². The molecule has 2 heterocycles. The molecule has 0 saturated carbocycles. The van der Waals surface area contributed by atoms with Gasteiger partial charge in [-0.3, -0.25) is 4.79 Å². The molecule has 0 radical (unpaired) electrons. The van der Waals surface area contributed by atoms with Crippen LogP contribution in [0.15, 0.2) is 40.7 Å². The Balaban J connectivity index is 1.77. The first-order chi connectivity index (χ1) is 15.0. The van der Waals surface area contributed by atoms with E-state index in [0.717, 1.165) is 36.9 Å². The van der Waals surface area contributed by atoms with Crippen molar-refractivity contribution in [1.29, 1.82) is 0 Å². The van der Waals surface area contributed by atoms with Crippen LogP contribution in [0.3, 0.4) is 0 Å². The Morgan fingerprint density at radius 1 is 1.19 bits per heavy atom. The average Bonchev–Trinajstić information content (AvgIpc) is 3.29. The second-order valence-electron chi connectivity index (χ2n) is 8.08. The lowest BCUT2D eigenvalue weighted by atomic mass is 9.75. The highest BCUT2D eigenvalue weighted by atomic mass is 16.6. The first kappa shape index (κ1) is 21.4. The molecule has 2 aliphatic heterocycles. The number of ketones is 1. The van der Waals surface area contributed by atoms with E-state index in [-0.39, 0.29) is 18.5 Å². The van der Waals surface area contributed by atoms with Crippen molar-refractivity contribution < 1.29 is 28.5 Å². The minimum absolute atomic E-state index is 0.0422. The Kier molecular flexibility index (Phi) is 6.32. The number of hydrogen-bond acceptors (Lipinski definition) is 7. The number of methoxy groups -OCH3 is 2. The van der Waals surface area contributed by atoms with Gasteiger partial charge in [-0.15, -0.1) is 0 Å². The molecule has 1 fully saturated rings. The summed E-state index contributed by atoms with van der Waals surface area (Å²) in [5, 5.41) is 3.31. The molecule has 0 bridgehead atoms. The zero-order valence-electron chi connectivity index (χ0n) is 18.3. The maximum Gasteiger partial charge on any atom is 0.336 e.